The number of rotatable bonds is 2. The summed E-state index contributed by atoms with van der Waals surface area (Å²) in [5.74, 6) is -0.381. The number of ether oxygens (including phenoxy) is 1. The van der Waals surface area contributed by atoms with Gasteiger partial charge in [0.25, 0.3) is 0 Å². The van der Waals surface area contributed by atoms with Crippen LogP contribution in [0.5, 0.6) is 0 Å². The molecule has 2 rings (SSSR count). The maximum atomic E-state index is 11.4. The number of carbonyl (C=O) groups excluding carboxylic acids is 1. The summed E-state index contributed by atoms with van der Waals surface area (Å²) in [7, 11) is 1.34. The smallest absolute Gasteiger partial charge is 0.339 e. The van der Waals surface area contributed by atoms with Crippen LogP contribution in [0.1, 0.15) is 15.4 Å². The molecule has 0 fully saturated rings. The predicted molar refractivity (Wildman–Crippen MR) is 56.9 cm³/mol. The van der Waals surface area contributed by atoms with Crippen LogP contribution < -0.4 is 0 Å². The minimum Gasteiger partial charge on any atom is -0.465 e. The lowest BCUT2D eigenvalue weighted by Gasteiger charge is -1.98. The van der Waals surface area contributed by atoms with Gasteiger partial charge >= 0.3 is 5.97 Å². The van der Waals surface area contributed by atoms with Crippen LogP contribution in [0.15, 0.2) is 18.2 Å². The van der Waals surface area contributed by atoms with Gasteiger partial charge in [-0.2, -0.15) is 0 Å². The normalized spacial score (nSPS) is 10.5. The predicted octanol–water partition coefficient (Wildman–Crippen LogP) is 1.58. The van der Waals surface area contributed by atoms with Crippen molar-refractivity contribution in [1.82, 2.24) is 4.98 Å². The molecule has 78 valence electrons. The second kappa shape index (κ2) is 3.96. The fraction of sp³-hybridized carbons (Fsp3) is 0.200. The highest BCUT2D eigenvalue weighted by Gasteiger charge is 2.13. The van der Waals surface area contributed by atoms with Crippen molar-refractivity contribution in [2.75, 3.05) is 7.11 Å². The fourth-order valence-electron chi connectivity index (χ4n) is 1.33. The van der Waals surface area contributed by atoms with E-state index in [1.807, 2.05) is 0 Å². The van der Waals surface area contributed by atoms with E-state index in [0.29, 0.717) is 16.1 Å². The van der Waals surface area contributed by atoms with Crippen LogP contribution in [0.25, 0.3) is 10.2 Å². The van der Waals surface area contributed by atoms with E-state index in [-0.39, 0.29) is 12.6 Å². The molecule has 0 aliphatic heterocycles. The molecule has 4 nitrogen and oxygen atoms in total. The Morgan fingerprint density at radius 3 is 3.07 bits per heavy atom. The maximum Gasteiger partial charge on any atom is 0.339 e. The quantitative estimate of drug-likeness (QED) is 0.785. The molecule has 0 radical (unpaired) electrons. The molecular weight excluding hydrogens is 214 g/mol. The third kappa shape index (κ3) is 1.71. The number of hydrogen-bond acceptors (Lipinski definition) is 5. The Labute approximate surface area is 90.1 Å². The second-order valence-corrected chi connectivity index (χ2v) is 3.99. The summed E-state index contributed by atoms with van der Waals surface area (Å²) in [6.07, 6.45) is 0. The van der Waals surface area contributed by atoms with Gasteiger partial charge in [-0.1, -0.05) is 6.07 Å². The third-order valence-electron chi connectivity index (χ3n) is 2.00. The molecule has 0 unspecified atom stereocenters. The molecule has 0 spiro atoms. The SMILES string of the molecule is COC(=O)c1cccc2nc(CO)sc12. The van der Waals surface area contributed by atoms with Gasteiger partial charge in [0, 0.05) is 0 Å². The number of aliphatic hydroxyl groups is 1. The first-order chi connectivity index (χ1) is 7.26. The molecule has 5 heteroatoms. The van der Waals surface area contributed by atoms with Crippen LogP contribution in [-0.4, -0.2) is 23.2 Å². The van der Waals surface area contributed by atoms with E-state index >= 15 is 0 Å². The Kier molecular flexibility index (Phi) is 2.66. The summed E-state index contributed by atoms with van der Waals surface area (Å²) in [5, 5.41) is 9.56. The Hall–Kier alpha value is -1.46. The van der Waals surface area contributed by atoms with Crippen molar-refractivity contribution in [2.45, 2.75) is 6.61 Å². The average Bonchev–Trinajstić information content (AvgIpc) is 2.70. The van der Waals surface area contributed by atoms with Crippen molar-refractivity contribution in [3.63, 3.8) is 0 Å². The highest BCUT2D eigenvalue weighted by Crippen LogP contribution is 2.26. The lowest BCUT2D eigenvalue weighted by molar-refractivity contribution is 0.0603. The summed E-state index contributed by atoms with van der Waals surface area (Å²) < 4.78 is 5.42. The summed E-state index contributed by atoms with van der Waals surface area (Å²) in [4.78, 5) is 15.6. The molecule has 0 aliphatic carbocycles. The van der Waals surface area contributed by atoms with E-state index in [9.17, 15) is 4.79 Å². The van der Waals surface area contributed by atoms with E-state index in [1.54, 1.807) is 18.2 Å². The highest BCUT2D eigenvalue weighted by molar-refractivity contribution is 7.19. The van der Waals surface area contributed by atoms with E-state index in [4.69, 9.17) is 5.11 Å². The van der Waals surface area contributed by atoms with Gasteiger partial charge in [0.1, 0.15) is 5.01 Å². The summed E-state index contributed by atoms with van der Waals surface area (Å²) >= 11 is 1.31. The third-order valence-corrected chi connectivity index (χ3v) is 3.09. The first kappa shape index (κ1) is 10.1. The Morgan fingerprint density at radius 2 is 2.40 bits per heavy atom. The summed E-state index contributed by atoms with van der Waals surface area (Å²) in [5.41, 5.74) is 1.21. The van der Waals surface area contributed by atoms with Gasteiger partial charge in [0.05, 0.1) is 29.5 Å². The lowest BCUT2D eigenvalue weighted by Crippen LogP contribution is -2.00. The number of carbonyl (C=O) groups is 1. The molecule has 0 saturated heterocycles. The van der Waals surface area contributed by atoms with Gasteiger partial charge in [-0.25, -0.2) is 9.78 Å². The van der Waals surface area contributed by atoms with Gasteiger partial charge in [0.15, 0.2) is 0 Å². The number of aliphatic hydroxyl groups excluding tert-OH is 1. The monoisotopic (exact) mass is 223 g/mol. The van der Waals surface area contributed by atoms with Crippen molar-refractivity contribution in [1.29, 1.82) is 0 Å². The number of benzene rings is 1. The Bertz CT molecular complexity index is 506. The number of esters is 1. The lowest BCUT2D eigenvalue weighted by atomic mass is 10.2. The molecule has 0 saturated carbocycles. The largest absolute Gasteiger partial charge is 0.465 e. The second-order valence-electron chi connectivity index (χ2n) is 2.91. The van der Waals surface area contributed by atoms with E-state index < -0.39 is 0 Å². The molecule has 0 aliphatic rings. The Morgan fingerprint density at radius 1 is 1.60 bits per heavy atom. The van der Waals surface area contributed by atoms with Gasteiger partial charge < -0.3 is 9.84 Å². The van der Waals surface area contributed by atoms with Crippen molar-refractivity contribution in [2.24, 2.45) is 0 Å². The van der Waals surface area contributed by atoms with Crippen LogP contribution in [0.3, 0.4) is 0 Å². The molecule has 2 aromatic rings. The number of aromatic nitrogens is 1. The average molecular weight is 223 g/mol. The zero-order valence-electron chi connectivity index (χ0n) is 8.06. The number of nitrogens with zero attached hydrogens (tertiary/aromatic N) is 1. The molecular formula is C10H9NO3S. The van der Waals surface area contributed by atoms with Crippen LogP contribution in [-0.2, 0) is 11.3 Å². The van der Waals surface area contributed by atoms with Gasteiger partial charge in [-0.15, -0.1) is 11.3 Å². The molecule has 1 heterocycles. The summed E-state index contributed by atoms with van der Waals surface area (Å²) in [6, 6.07) is 5.24. The highest BCUT2D eigenvalue weighted by atomic mass is 32.1. The van der Waals surface area contributed by atoms with Gasteiger partial charge in [-0.05, 0) is 12.1 Å². The van der Waals surface area contributed by atoms with Crippen molar-refractivity contribution in [3.05, 3.63) is 28.8 Å². The zero-order chi connectivity index (χ0) is 10.8. The first-order valence-electron chi connectivity index (χ1n) is 4.34. The summed E-state index contributed by atoms with van der Waals surface area (Å²) in [6.45, 7) is -0.111. The molecule has 1 aromatic heterocycles. The maximum absolute atomic E-state index is 11.4. The van der Waals surface area contributed by atoms with E-state index in [2.05, 4.69) is 9.72 Å². The van der Waals surface area contributed by atoms with E-state index in [0.717, 1.165) is 4.70 Å². The van der Waals surface area contributed by atoms with Crippen molar-refractivity contribution < 1.29 is 14.6 Å². The zero-order valence-corrected chi connectivity index (χ0v) is 8.87. The van der Waals surface area contributed by atoms with Gasteiger partial charge in [0.2, 0.25) is 0 Å². The number of thiazole rings is 1. The Balaban J connectivity index is 2.64. The van der Waals surface area contributed by atoms with Crippen molar-refractivity contribution in [3.8, 4) is 0 Å². The minimum atomic E-state index is -0.381. The number of methoxy groups -OCH3 is 1. The van der Waals surface area contributed by atoms with Crippen LogP contribution in [0.2, 0.25) is 0 Å². The molecule has 0 bridgehead atoms. The molecule has 1 N–H and O–H groups in total. The number of fused-ring (bicyclic) bond motifs is 1. The molecule has 0 amide bonds. The topological polar surface area (TPSA) is 59.4 Å². The van der Waals surface area contributed by atoms with Gasteiger partial charge in [-0.3, -0.25) is 0 Å². The molecule has 15 heavy (non-hydrogen) atoms. The number of hydrogen-bond donors (Lipinski definition) is 1. The minimum absolute atomic E-state index is 0.111. The standard InChI is InChI=1S/C10H9NO3S/c1-14-10(13)6-3-2-4-7-9(6)15-8(5-12)11-7/h2-4,12H,5H2,1H3. The molecule has 1 aromatic carbocycles. The fourth-order valence-corrected chi connectivity index (χ4v) is 2.26. The van der Waals surface area contributed by atoms with Crippen LogP contribution >= 0.6 is 11.3 Å². The molecule has 0 atom stereocenters. The van der Waals surface area contributed by atoms with Crippen LogP contribution in [0, 0.1) is 0 Å². The van der Waals surface area contributed by atoms with Crippen LogP contribution in [0.4, 0.5) is 0 Å². The first-order valence-corrected chi connectivity index (χ1v) is 5.15. The van der Waals surface area contributed by atoms with Crippen molar-refractivity contribution >= 4 is 27.5 Å². The van der Waals surface area contributed by atoms with E-state index in [1.165, 1.54) is 18.4 Å².